The van der Waals surface area contributed by atoms with Crippen molar-refractivity contribution in [2.24, 2.45) is 11.7 Å². The van der Waals surface area contributed by atoms with Crippen LogP contribution in [0.3, 0.4) is 0 Å². The van der Waals surface area contributed by atoms with Gasteiger partial charge in [-0.25, -0.2) is 0 Å². The Hall–Kier alpha value is -1.50. The number of nitrogens with one attached hydrogen (secondary N) is 1. The summed E-state index contributed by atoms with van der Waals surface area (Å²) in [4.78, 5) is 28.6. The highest BCUT2D eigenvalue weighted by Gasteiger charge is 2.27. The monoisotopic (exact) mass is 402 g/mol. The number of nitrogens with two attached hydrogens (primary N) is 1. The van der Waals surface area contributed by atoms with Crippen LogP contribution in [0.5, 0.6) is 0 Å². The molecule has 1 aromatic rings. The second-order valence-electron chi connectivity index (χ2n) is 6.96. The van der Waals surface area contributed by atoms with Gasteiger partial charge in [0.25, 0.3) is 5.91 Å². The van der Waals surface area contributed by atoms with Gasteiger partial charge < -0.3 is 20.9 Å². The Morgan fingerprint density at radius 2 is 2.04 bits per heavy atom. The highest BCUT2D eigenvalue weighted by Crippen LogP contribution is 2.30. The normalized spacial score (nSPS) is 20.7. The first-order valence-corrected chi connectivity index (χ1v) is 8.65. The lowest BCUT2D eigenvalue weighted by molar-refractivity contribution is -0.115. The number of rotatable bonds is 2. The van der Waals surface area contributed by atoms with Gasteiger partial charge in [-0.05, 0) is 43.9 Å². The van der Waals surface area contributed by atoms with E-state index >= 15 is 0 Å². The molecule has 0 bridgehead atoms. The van der Waals surface area contributed by atoms with Gasteiger partial charge in [-0.1, -0.05) is 0 Å². The van der Waals surface area contributed by atoms with Gasteiger partial charge in [0, 0.05) is 44.7 Å². The first-order chi connectivity index (χ1) is 11.5. The van der Waals surface area contributed by atoms with Crippen LogP contribution in [0.4, 0.5) is 11.4 Å². The van der Waals surface area contributed by atoms with Crippen LogP contribution in [0, 0.1) is 5.92 Å². The highest BCUT2D eigenvalue weighted by molar-refractivity contribution is 6.01. The lowest BCUT2D eigenvalue weighted by atomic mass is 9.92. The van der Waals surface area contributed by atoms with E-state index in [4.69, 9.17) is 5.73 Å². The molecule has 1 fully saturated rings. The first kappa shape index (κ1) is 22.5. The molecular weight excluding hydrogens is 375 g/mol. The number of likely N-dealkylation sites (tertiary alicyclic amines) is 1. The molecule has 0 aromatic heterocycles. The number of benzene rings is 1. The lowest BCUT2D eigenvalue weighted by Crippen LogP contribution is -2.45. The third-order valence-electron chi connectivity index (χ3n) is 5.09. The van der Waals surface area contributed by atoms with Crippen molar-refractivity contribution in [2.75, 3.05) is 36.9 Å². The third-order valence-corrected chi connectivity index (χ3v) is 5.09. The van der Waals surface area contributed by atoms with Crippen molar-refractivity contribution in [1.82, 2.24) is 4.90 Å². The fraction of sp³-hybridized carbons (Fsp3) is 0.556. The molecule has 3 rings (SSSR count). The van der Waals surface area contributed by atoms with Crippen LogP contribution < -0.4 is 16.0 Å². The molecule has 0 aliphatic carbocycles. The second kappa shape index (κ2) is 9.44. The summed E-state index contributed by atoms with van der Waals surface area (Å²) in [6, 6.07) is 5.67. The zero-order chi connectivity index (χ0) is 17.3. The van der Waals surface area contributed by atoms with E-state index in [0.29, 0.717) is 36.7 Å². The van der Waals surface area contributed by atoms with Crippen molar-refractivity contribution < 1.29 is 9.59 Å². The van der Waals surface area contributed by atoms with E-state index in [1.807, 2.05) is 35.9 Å². The SMILES string of the molecule is CC(N)C1CCCN(C(=O)c2ccc3c(c2)NC(=O)CCN3C)C1.Cl.Cl. The van der Waals surface area contributed by atoms with Crippen molar-refractivity contribution in [2.45, 2.75) is 32.2 Å². The van der Waals surface area contributed by atoms with Crippen LogP contribution in [-0.2, 0) is 4.79 Å². The van der Waals surface area contributed by atoms with E-state index in [1.54, 1.807) is 6.07 Å². The number of amides is 2. The molecule has 2 aliphatic rings. The molecule has 2 atom stereocenters. The quantitative estimate of drug-likeness (QED) is 0.796. The molecule has 2 aliphatic heterocycles. The number of fused-ring (bicyclic) bond motifs is 1. The maximum atomic E-state index is 12.9. The number of hydrogen-bond donors (Lipinski definition) is 2. The van der Waals surface area contributed by atoms with E-state index in [2.05, 4.69) is 5.32 Å². The summed E-state index contributed by atoms with van der Waals surface area (Å²) in [6.45, 7) is 4.16. The predicted octanol–water partition coefficient (Wildman–Crippen LogP) is 2.51. The average Bonchev–Trinajstić information content (AvgIpc) is 2.72. The maximum Gasteiger partial charge on any atom is 0.253 e. The Morgan fingerprint density at radius 1 is 1.31 bits per heavy atom. The molecule has 26 heavy (non-hydrogen) atoms. The van der Waals surface area contributed by atoms with Crippen LogP contribution in [0.1, 0.15) is 36.5 Å². The summed E-state index contributed by atoms with van der Waals surface area (Å²) in [5.41, 5.74) is 8.30. The van der Waals surface area contributed by atoms with E-state index in [0.717, 1.165) is 25.1 Å². The van der Waals surface area contributed by atoms with Gasteiger partial charge in [0.1, 0.15) is 0 Å². The van der Waals surface area contributed by atoms with Crippen LogP contribution in [0.15, 0.2) is 18.2 Å². The minimum atomic E-state index is -0.0137. The highest BCUT2D eigenvalue weighted by atomic mass is 35.5. The van der Waals surface area contributed by atoms with Crippen molar-refractivity contribution in [3.63, 3.8) is 0 Å². The number of carbonyl (C=O) groups excluding carboxylic acids is 2. The molecule has 1 aromatic carbocycles. The van der Waals surface area contributed by atoms with Crippen LogP contribution in [0.25, 0.3) is 0 Å². The largest absolute Gasteiger partial charge is 0.372 e. The van der Waals surface area contributed by atoms with Gasteiger partial charge in [-0.2, -0.15) is 0 Å². The zero-order valence-corrected chi connectivity index (χ0v) is 16.9. The summed E-state index contributed by atoms with van der Waals surface area (Å²) < 4.78 is 0. The zero-order valence-electron chi connectivity index (χ0n) is 15.2. The lowest BCUT2D eigenvalue weighted by Gasteiger charge is -2.34. The van der Waals surface area contributed by atoms with Crippen molar-refractivity contribution in [1.29, 1.82) is 0 Å². The Balaban J connectivity index is 0.00000169. The van der Waals surface area contributed by atoms with E-state index < -0.39 is 0 Å². The Labute approximate surface area is 167 Å². The Kier molecular flexibility index (Phi) is 8.18. The van der Waals surface area contributed by atoms with Crippen molar-refractivity contribution >= 4 is 48.0 Å². The molecule has 2 unspecified atom stereocenters. The molecular formula is C18H28Cl2N4O2. The fourth-order valence-corrected chi connectivity index (χ4v) is 3.51. The van der Waals surface area contributed by atoms with Crippen molar-refractivity contribution in [3.8, 4) is 0 Å². The molecule has 0 radical (unpaired) electrons. The third kappa shape index (κ3) is 4.81. The first-order valence-electron chi connectivity index (χ1n) is 8.65. The van der Waals surface area contributed by atoms with E-state index in [9.17, 15) is 9.59 Å². The standard InChI is InChI=1S/C18H26N4O2.2ClH/c1-12(19)14-4-3-8-22(11-14)18(24)13-5-6-16-15(10-13)20-17(23)7-9-21(16)2;;/h5-6,10,12,14H,3-4,7-9,11,19H2,1-2H3,(H,20,23);2*1H. The Bertz CT molecular complexity index is 654. The number of nitrogens with zero attached hydrogens (tertiary/aromatic N) is 2. The van der Waals surface area contributed by atoms with Gasteiger partial charge in [0.05, 0.1) is 11.4 Å². The number of piperidine rings is 1. The van der Waals surface area contributed by atoms with Crippen LogP contribution >= 0.6 is 24.8 Å². The number of halogens is 2. The molecule has 8 heteroatoms. The smallest absolute Gasteiger partial charge is 0.253 e. The minimum Gasteiger partial charge on any atom is -0.372 e. The number of anilines is 2. The van der Waals surface area contributed by atoms with Crippen LogP contribution in [0.2, 0.25) is 0 Å². The number of carbonyl (C=O) groups is 2. The van der Waals surface area contributed by atoms with Crippen molar-refractivity contribution in [3.05, 3.63) is 23.8 Å². The molecule has 2 heterocycles. The molecule has 1 saturated heterocycles. The molecule has 0 spiro atoms. The number of hydrogen-bond acceptors (Lipinski definition) is 4. The molecule has 3 N–H and O–H groups in total. The average molecular weight is 403 g/mol. The second-order valence-corrected chi connectivity index (χ2v) is 6.96. The summed E-state index contributed by atoms with van der Waals surface area (Å²) in [6.07, 6.45) is 2.52. The van der Waals surface area contributed by atoms with Gasteiger partial charge in [0.2, 0.25) is 5.91 Å². The van der Waals surface area contributed by atoms with Crippen LogP contribution in [-0.4, -0.2) is 49.4 Å². The molecule has 0 saturated carbocycles. The molecule has 146 valence electrons. The summed E-state index contributed by atoms with van der Waals surface area (Å²) >= 11 is 0. The van der Waals surface area contributed by atoms with Gasteiger partial charge >= 0.3 is 0 Å². The van der Waals surface area contributed by atoms with Gasteiger partial charge in [-0.3, -0.25) is 9.59 Å². The molecule has 2 amide bonds. The predicted molar refractivity (Wildman–Crippen MR) is 110 cm³/mol. The fourth-order valence-electron chi connectivity index (χ4n) is 3.51. The Morgan fingerprint density at radius 3 is 2.73 bits per heavy atom. The minimum absolute atomic E-state index is 0. The summed E-state index contributed by atoms with van der Waals surface area (Å²) in [7, 11) is 1.96. The summed E-state index contributed by atoms with van der Waals surface area (Å²) in [5.74, 6) is 0.360. The van der Waals surface area contributed by atoms with E-state index in [1.165, 1.54) is 0 Å². The molecule has 6 nitrogen and oxygen atoms in total. The van der Waals surface area contributed by atoms with E-state index in [-0.39, 0.29) is 42.7 Å². The summed E-state index contributed by atoms with van der Waals surface area (Å²) in [5, 5.41) is 2.91. The topological polar surface area (TPSA) is 78.7 Å². The maximum absolute atomic E-state index is 12.9. The van der Waals surface area contributed by atoms with Gasteiger partial charge in [-0.15, -0.1) is 24.8 Å². The van der Waals surface area contributed by atoms with Gasteiger partial charge in [0.15, 0.2) is 0 Å².